The number of likely N-dealkylation sites (tertiary alicyclic amines) is 1. The molecule has 0 atom stereocenters. The first-order valence-corrected chi connectivity index (χ1v) is 8.71. The molecule has 1 aliphatic carbocycles. The Morgan fingerprint density at radius 2 is 1.96 bits per heavy atom. The molecule has 7 nitrogen and oxygen atoms in total. The molecule has 0 radical (unpaired) electrons. The molecule has 138 valence electrons. The van der Waals surface area contributed by atoms with E-state index in [-0.39, 0.29) is 35.9 Å². The first-order chi connectivity index (χ1) is 11.5. The predicted octanol–water partition coefficient (Wildman–Crippen LogP) is -0.112. The van der Waals surface area contributed by atoms with E-state index in [4.69, 9.17) is 0 Å². The molecule has 1 spiro atoms. The lowest BCUT2D eigenvalue weighted by atomic mass is 9.74. The van der Waals surface area contributed by atoms with Crippen LogP contribution in [-0.4, -0.2) is 58.7 Å². The van der Waals surface area contributed by atoms with E-state index in [9.17, 15) is 14.7 Å². The van der Waals surface area contributed by atoms with Gasteiger partial charge >= 0.3 is 0 Å². The maximum absolute atomic E-state index is 12.7. The third-order valence-electron chi connectivity index (χ3n) is 6.18. The van der Waals surface area contributed by atoms with Crippen LogP contribution in [0.3, 0.4) is 0 Å². The number of aromatic nitrogens is 2. The molecule has 1 aromatic rings. The highest BCUT2D eigenvalue weighted by atomic mass is 35.5. The summed E-state index contributed by atoms with van der Waals surface area (Å²) in [6, 6.07) is 0. The summed E-state index contributed by atoms with van der Waals surface area (Å²) in [6.07, 6.45) is 3.40. The lowest BCUT2D eigenvalue weighted by Gasteiger charge is -2.46. The number of carbonyl (C=O) groups is 1. The van der Waals surface area contributed by atoms with Gasteiger partial charge in [0.2, 0.25) is 5.91 Å². The van der Waals surface area contributed by atoms with Crippen LogP contribution in [0.2, 0.25) is 0 Å². The van der Waals surface area contributed by atoms with E-state index in [2.05, 4.69) is 15.3 Å². The van der Waals surface area contributed by atoms with Gasteiger partial charge in [0.15, 0.2) is 0 Å². The van der Waals surface area contributed by atoms with Crippen molar-refractivity contribution in [3.63, 3.8) is 0 Å². The highest BCUT2D eigenvalue weighted by Gasteiger charge is 2.49. The molecule has 2 fully saturated rings. The van der Waals surface area contributed by atoms with Crippen LogP contribution in [0.4, 0.5) is 0 Å². The number of halogens is 1. The standard InChI is InChI=1S/C17H24N4O3.ClH/c1-11-19-13-12(14(23)20-11)2-3-16(13)4-6-21(7-5-16)15(24)17(10-22)8-18-9-17;/h18,22H,2-10H2,1H3,(H,19,20,23);1H. The predicted molar refractivity (Wildman–Crippen MR) is 95.0 cm³/mol. The third-order valence-corrected chi connectivity index (χ3v) is 6.18. The van der Waals surface area contributed by atoms with Crippen LogP contribution in [0.5, 0.6) is 0 Å². The SMILES string of the molecule is Cc1nc2c(c(=O)[nH]1)CCC21CCN(C(=O)C2(CO)CNC2)CC1.Cl. The average molecular weight is 369 g/mol. The number of H-pyrrole nitrogens is 1. The van der Waals surface area contributed by atoms with Gasteiger partial charge in [-0.3, -0.25) is 9.59 Å². The van der Waals surface area contributed by atoms with Crippen molar-refractivity contribution in [1.82, 2.24) is 20.2 Å². The van der Waals surface area contributed by atoms with Gasteiger partial charge in [-0.1, -0.05) is 0 Å². The quantitative estimate of drug-likeness (QED) is 0.676. The maximum Gasteiger partial charge on any atom is 0.254 e. The Bertz CT molecular complexity index is 730. The smallest absolute Gasteiger partial charge is 0.254 e. The van der Waals surface area contributed by atoms with Gasteiger partial charge < -0.3 is 20.3 Å². The van der Waals surface area contributed by atoms with Crippen molar-refractivity contribution < 1.29 is 9.90 Å². The second kappa shape index (κ2) is 6.37. The van der Waals surface area contributed by atoms with Crippen LogP contribution in [-0.2, 0) is 16.6 Å². The number of rotatable bonds is 2. The van der Waals surface area contributed by atoms with Crippen LogP contribution in [0, 0.1) is 12.3 Å². The summed E-state index contributed by atoms with van der Waals surface area (Å²) in [5.74, 6) is 0.727. The number of amides is 1. The highest BCUT2D eigenvalue weighted by molar-refractivity contribution is 5.85. The van der Waals surface area contributed by atoms with Crippen molar-refractivity contribution in [3.05, 3.63) is 27.4 Å². The van der Waals surface area contributed by atoms with Crippen LogP contribution in [0.15, 0.2) is 4.79 Å². The number of aryl methyl sites for hydroxylation is 1. The van der Waals surface area contributed by atoms with Crippen LogP contribution >= 0.6 is 12.4 Å². The van der Waals surface area contributed by atoms with Crippen molar-refractivity contribution >= 4 is 18.3 Å². The van der Waals surface area contributed by atoms with E-state index in [1.807, 2.05) is 11.8 Å². The van der Waals surface area contributed by atoms with Crippen LogP contribution < -0.4 is 10.9 Å². The minimum Gasteiger partial charge on any atom is -0.395 e. The van der Waals surface area contributed by atoms with Crippen molar-refractivity contribution in [1.29, 1.82) is 0 Å². The molecule has 2 saturated heterocycles. The number of aliphatic hydroxyl groups excluding tert-OH is 1. The number of nitrogens with zero attached hydrogens (tertiary/aromatic N) is 2. The second-order valence-corrected chi connectivity index (χ2v) is 7.59. The van der Waals surface area contributed by atoms with Crippen molar-refractivity contribution in [2.45, 2.75) is 38.0 Å². The molecule has 25 heavy (non-hydrogen) atoms. The molecule has 3 heterocycles. The van der Waals surface area contributed by atoms with Crippen LogP contribution in [0.1, 0.15) is 36.3 Å². The van der Waals surface area contributed by atoms with E-state index in [0.717, 1.165) is 36.9 Å². The average Bonchev–Trinajstić information content (AvgIpc) is 2.86. The highest BCUT2D eigenvalue weighted by Crippen LogP contribution is 2.44. The molecule has 0 aromatic carbocycles. The monoisotopic (exact) mass is 368 g/mol. The number of carbonyl (C=O) groups excluding carboxylic acids is 1. The van der Waals surface area contributed by atoms with Crippen molar-refractivity contribution in [3.8, 4) is 0 Å². The summed E-state index contributed by atoms with van der Waals surface area (Å²) >= 11 is 0. The number of aliphatic hydroxyl groups is 1. The van der Waals surface area contributed by atoms with Crippen molar-refractivity contribution in [2.24, 2.45) is 5.41 Å². The lowest BCUT2D eigenvalue weighted by Crippen LogP contribution is -2.65. The summed E-state index contributed by atoms with van der Waals surface area (Å²) in [5.41, 5.74) is 1.10. The zero-order valence-corrected chi connectivity index (χ0v) is 15.2. The Labute approximate surface area is 152 Å². The zero-order valence-electron chi connectivity index (χ0n) is 14.4. The third kappa shape index (κ3) is 2.69. The zero-order chi connectivity index (χ0) is 16.9. The van der Waals surface area contributed by atoms with Gasteiger partial charge in [-0.25, -0.2) is 4.98 Å². The van der Waals surface area contributed by atoms with Gasteiger partial charge in [-0.15, -0.1) is 12.4 Å². The Kier molecular flexibility index (Phi) is 4.68. The fourth-order valence-corrected chi connectivity index (χ4v) is 4.48. The Hall–Kier alpha value is -1.44. The van der Waals surface area contributed by atoms with Gasteiger partial charge in [0, 0.05) is 37.2 Å². The maximum atomic E-state index is 12.7. The largest absolute Gasteiger partial charge is 0.395 e. The minimum atomic E-state index is -0.621. The van der Waals surface area contributed by atoms with Gasteiger partial charge in [0.25, 0.3) is 5.56 Å². The number of hydrogen-bond acceptors (Lipinski definition) is 5. The van der Waals surface area contributed by atoms with Crippen LogP contribution in [0.25, 0.3) is 0 Å². The molecular formula is C17H25ClN4O3. The fourth-order valence-electron chi connectivity index (χ4n) is 4.48. The number of fused-ring (bicyclic) bond motifs is 2. The summed E-state index contributed by atoms with van der Waals surface area (Å²) in [6.45, 7) is 4.19. The van der Waals surface area contributed by atoms with Gasteiger partial charge in [0.1, 0.15) is 5.82 Å². The van der Waals surface area contributed by atoms with Gasteiger partial charge in [0.05, 0.1) is 17.7 Å². The van der Waals surface area contributed by atoms with Crippen molar-refractivity contribution in [2.75, 3.05) is 32.8 Å². The van der Waals surface area contributed by atoms with E-state index >= 15 is 0 Å². The molecule has 8 heteroatoms. The Balaban J connectivity index is 0.00000182. The summed E-state index contributed by atoms with van der Waals surface area (Å²) in [4.78, 5) is 34.2. The molecule has 0 saturated carbocycles. The van der Waals surface area contributed by atoms with E-state index in [1.165, 1.54) is 0 Å². The number of aromatic amines is 1. The Morgan fingerprint density at radius 1 is 1.28 bits per heavy atom. The van der Waals surface area contributed by atoms with Gasteiger partial charge in [-0.05, 0) is 32.6 Å². The molecule has 2 aliphatic heterocycles. The minimum absolute atomic E-state index is 0. The molecule has 0 unspecified atom stereocenters. The molecule has 1 amide bonds. The normalized spacial score (nSPS) is 22.9. The molecule has 3 N–H and O–H groups in total. The number of piperidine rings is 1. The lowest BCUT2D eigenvalue weighted by molar-refractivity contribution is -0.150. The second-order valence-electron chi connectivity index (χ2n) is 7.59. The van der Waals surface area contributed by atoms with E-state index < -0.39 is 5.41 Å². The fraction of sp³-hybridized carbons (Fsp3) is 0.706. The van der Waals surface area contributed by atoms with E-state index in [1.54, 1.807) is 0 Å². The first kappa shape index (κ1) is 18.4. The van der Waals surface area contributed by atoms with Gasteiger partial charge in [-0.2, -0.15) is 0 Å². The molecule has 0 bridgehead atoms. The summed E-state index contributed by atoms with van der Waals surface area (Å²) < 4.78 is 0. The first-order valence-electron chi connectivity index (χ1n) is 8.71. The summed E-state index contributed by atoms with van der Waals surface area (Å²) in [5, 5.41) is 12.7. The molecule has 4 rings (SSSR count). The number of nitrogens with one attached hydrogen (secondary N) is 2. The van der Waals surface area contributed by atoms with E-state index in [0.29, 0.717) is 32.0 Å². The molecular weight excluding hydrogens is 344 g/mol. The number of hydrogen-bond donors (Lipinski definition) is 3. The molecule has 1 aromatic heterocycles. The molecule has 3 aliphatic rings. The Morgan fingerprint density at radius 3 is 2.52 bits per heavy atom. The topological polar surface area (TPSA) is 98.3 Å². The summed E-state index contributed by atoms with van der Waals surface area (Å²) in [7, 11) is 0.